The zero-order chi connectivity index (χ0) is 15.1. The van der Waals surface area contributed by atoms with E-state index in [0.29, 0.717) is 18.2 Å². The largest absolute Gasteiger partial charge is 0.326 e. The minimum absolute atomic E-state index is 0.0709. The Kier molecular flexibility index (Phi) is 6.14. The molecule has 2 rings (SSSR count). The maximum atomic E-state index is 13.0. The summed E-state index contributed by atoms with van der Waals surface area (Å²) in [6, 6.07) is 6.54. The number of amides is 1. The molecule has 0 aromatic heterocycles. The molecule has 0 bridgehead atoms. The number of hydrogen-bond acceptors (Lipinski definition) is 3. The summed E-state index contributed by atoms with van der Waals surface area (Å²) < 4.78 is 13.0. The van der Waals surface area contributed by atoms with Crippen LogP contribution in [0.4, 0.5) is 10.1 Å². The van der Waals surface area contributed by atoms with Gasteiger partial charge < -0.3 is 15.5 Å². The zero-order valence-corrected chi connectivity index (χ0v) is 12.6. The van der Waals surface area contributed by atoms with Crippen LogP contribution in [-0.2, 0) is 4.79 Å². The minimum atomic E-state index is -0.338. The molecular weight excluding hydrogens is 269 g/mol. The maximum Gasteiger partial charge on any atom is 0.225 e. The number of carbonyl (C=O) groups excluding carboxylic acids is 1. The number of halogens is 1. The molecule has 1 saturated heterocycles. The number of nitrogens with one attached hydrogen (secondary N) is 2. The number of anilines is 1. The second kappa shape index (κ2) is 8.10. The quantitative estimate of drug-likeness (QED) is 0.810. The van der Waals surface area contributed by atoms with Crippen molar-refractivity contribution in [1.29, 1.82) is 0 Å². The third-order valence-electron chi connectivity index (χ3n) is 3.85. The Morgan fingerprint density at radius 3 is 3.05 bits per heavy atom. The van der Waals surface area contributed by atoms with Crippen LogP contribution >= 0.6 is 0 Å². The SMILES string of the molecule is CCN(CCC(=O)Nc1cccc(F)c1)CC1CCCN1. The number of benzene rings is 1. The molecule has 1 aromatic carbocycles. The van der Waals surface area contributed by atoms with Crippen molar-refractivity contribution in [1.82, 2.24) is 10.2 Å². The van der Waals surface area contributed by atoms with E-state index in [-0.39, 0.29) is 11.7 Å². The average molecular weight is 293 g/mol. The van der Waals surface area contributed by atoms with Crippen molar-refractivity contribution < 1.29 is 9.18 Å². The van der Waals surface area contributed by atoms with E-state index in [0.717, 1.165) is 26.2 Å². The summed E-state index contributed by atoms with van der Waals surface area (Å²) in [5.74, 6) is -0.409. The zero-order valence-electron chi connectivity index (χ0n) is 12.6. The van der Waals surface area contributed by atoms with E-state index in [1.807, 2.05) is 0 Å². The van der Waals surface area contributed by atoms with Crippen LogP contribution in [0.2, 0.25) is 0 Å². The van der Waals surface area contributed by atoms with Gasteiger partial charge in [-0.05, 0) is 44.1 Å². The van der Waals surface area contributed by atoms with Crippen molar-refractivity contribution in [2.24, 2.45) is 0 Å². The standard InChI is InChI=1S/C16H24FN3O/c1-2-20(12-15-7-4-9-18-15)10-8-16(21)19-14-6-3-5-13(17)11-14/h3,5-6,11,15,18H,2,4,7-10,12H2,1H3,(H,19,21). The van der Waals surface area contributed by atoms with Gasteiger partial charge >= 0.3 is 0 Å². The molecule has 0 radical (unpaired) electrons. The lowest BCUT2D eigenvalue weighted by atomic mass is 10.2. The molecule has 1 aliphatic rings. The second-order valence-electron chi connectivity index (χ2n) is 5.50. The van der Waals surface area contributed by atoms with Crippen LogP contribution < -0.4 is 10.6 Å². The fraction of sp³-hybridized carbons (Fsp3) is 0.562. The van der Waals surface area contributed by atoms with Crippen LogP contribution in [0.25, 0.3) is 0 Å². The van der Waals surface area contributed by atoms with Gasteiger partial charge in [-0.25, -0.2) is 4.39 Å². The van der Waals surface area contributed by atoms with E-state index in [9.17, 15) is 9.18 Å². The summed E-state index contributed by atoms with van der Waals surface area (Å²) >= 11 is 0. The Morgan fingerprint density at radius 1 is 1.52 bits per heavy atom. The summed E-state index contributed by atoms with van der Waals surface area (Å²) in [5, 5.41) is 6.21. The Balaban J connectivity index is 1.73. The van der Waals surface area contributed by atoms with Crippen molar-refractivity contribution in [3.05, 3.63) is 30.1 Å². The second-order valence-corrected chi connectivity index (χ2v) is 5.50. The van der Waals surface area contributed by atoms with Crippen molar-refractivity contribution in [2.75, 3.05) is 31.5 Å². The topological polar surface area (TPSA) is 44.4 Å². The van der Waals surface area contributed by atoms with Gasteiger partial charge in [0.05, 0.1) is 0 Å². The summed E-state index contributed by atoms with van der Waals surface area (Å²) in [4.78, 5) is 14.2. The number of carbonyl (C=O) groups is 1. The highest BCUT2D eigenvalue weighted by Gasteiger charge is 2.17. The first kappa shape index (κ1) is 15.9. The van der Waals surface area contributed by atoms with Crippen LogP contribution in [0.5, 0.6) is 0 Å². The number of nitrogens with zero attached hydrogens (tertiary/aromatic N) is 1. The maximum absolute atomic E-state index is 13.0. The molecule has 1 amide bonds. The average Bonchev–Trinajstić information content (AvgIpc) is 2.96. The summed E-state index contributed by atoms with van der Waals surface area (Å²) in [5.41, 5.74) is 0.514. The van der Waals surface area contributed by atoms with E-state index in [1.54, 1.807) is 12.1 Å². The van der Waals surface area contributed by atoms with E-state index in [1.165, 1.54) is 25.0 Å². The van der Waals surface area contributed by atoms with Crippen molar-refractivity contribution in [2.45, 2.75) is 32.2 Å². The highest BCUT2D eigenvalue weighted by molar-refractivity contribution is 5.90. The van der Waals surface area contributed by atoms with Gasteiger partial charge in [-0.2, -0.15) is 0 Å². The predicted octanol–water partition coefficient (Wildman–Crippen LogP) is 2.23. The third-order valence-corrected chi connectivity index (χ3v) is 3.85. The lowest BCUT2D eigenvalue weighted by Crippen LogP contribution is -2.38. The molecule has 1 aromatic rings. The third kappa shape index (κ3) is 5.44. The van der Waals surface area contributed by atoms with Gasteiger partial charge in [-0.3, -0.25) is 4.79 Å². The monoisotopic (exact) mass is 293 g/mol. The summed E-state index contributed by atoms with van der Waals surface area (Å²) in [6.45, 7) is 5.87. The van der Waals surface area contributed by atoms with Crippen molar-refractivity contribution in [3.8, 4) is 0 Å². The number of hydrogen-bond donors (Lipinski definition) is 2. The normalized spacial score (nSPS) is 18.1. The lowest BCUT2D eigenvalue weighted by molar-refractivity contribution is -0.116. The highest BCUT2D eigenvalue weighted by Crippen LogP contribution is 2.10. The molecule has 2 N–H and O–H groups in total. The summed E-state index contributed by atoms with van der Waals surface area (Å²) in [6.07, 6.45) is 2.88. The molecule has 1 fully saturated rings. The fourth-order valence-electron chi connectivity index (χ4n) is 2.65. The smallest absolute Gasteiger partial charge is 0.225 e. The molecule has 5 heteroatoms. The van der Waals surface area contributed by atoms with Gasteiger partial charge in [0.1, 0.15) is 5.82 Å². The van der Waals surface area contributed by atoms with Crippen LogP contribution in [0.3, 0.4) is 0 Å². The lowest BCUT2D eigenvalue weighted by Gasteiger charge is -2.23. The molecule has 21 heavy (non-hydrogen) atoms. The van der Waals surface area contributed by atoms with Gasteiger partial charge in [0.15, 0.2) is 0 Å². The first-order chi connectivity index (χ1) is 10.2. The fourth-order valence-corrected chi connectivity index (χ4v) is 2.65. The molecule has 0 spiro atoms. The molecule has 0 saturated carbocycles. The molecule has 116 valence electrons. The van der Waals surface area contributed by atoms with E-state index < -0.39 is 0 Å². The number of likely N-dealkylation sites (N-methyl/N-ethyl adjacent to an activating group) is 1. The molecule has 1 atom stereocenters. The molecule has 0 aliphatic carbocycles. The Bertz CT molecular complexity index is 461. The van der Waals surface area contributed by atoms with E-state index in [2.05, 4.69) is 22.5 Å². The van der Waals surface area contributed by atoms with Gasteiger partial charge in [0.25, 0.3) is 0 Å². The van der Waals surface area contributed by atoms with Crippen molar-refractivity contribution >= 4 is 11.6 Å². The summed E-state index contributed by atoms with van der Waals surface area (Å²) in [7, 11) is 0. The van der Waals surface area contributed by atoms with Gasteiger partial charge in [-0.15, -0.1) is 0 Å². The van der Waals surface area contributed by atoms with Crippen LogP contribution in [0.1, 0.15) is 26.2 Å². The first-order valence-corrected chi connectivity index (χ1v) is 7.68. The van der Waals surface area contributed by atoms with Crippen LogP contribution in [0.15, 0.2) is 24.3 Å². The molecule has 1 heterocycles. The Morgan fingerprint density at radius 2 is 2.38 bits per heavy atom. The Hall–Kier alpha value is -1.46. The molecular formula is C16H24FN3O. The van der Waals surface area contributed by atoms with E-state index >= 15 is 0 Å². The van der Waals surface area contributed by atoms with E-state index in [4.69, 9.17) is 0 Å². The Labute approximate surface area is 125 Å². The van der Waals surface area contributed by atoms with Gasteiger partial charge in [0, 0.05) is 31.2 Å². The first-order valence-electron chi connectivity index (χ1n) is 7.68. The van der Waals surface area contributed by atoms with Crippen molar-refractivity contribution in [3.63, 3.8) is 0 Å². The minimum Gasteiger partial charge on any atom is -0.326 e. The molecule has 1 aliphatic heterocycles. The molecule has 1 unspecified atom stereocenters. The van der Waals surface area contributed by atoms with Gasteiger partial charge in [-0.1, -0.05) is 13.0 Å². The van der Waals surface area contributed by atoms with Crippen LogP contribution in [0, 0.1) is 5.82 Å². The molecule has 4 nitrogen and oxygen atoms in total. The predicted molar refractivity (Wildman–Crippen MR) is 82.8 cm³/mol. The van der Waals surface area contributed by atoms with Crippen LogP contribution in [-0.4, -0.2) is 43.0 Å². The number of rotatable bonds is 7. The van der Waals surface area contributed by atoms with Gasteiger partial charge in [0.2, 0.25) is 5.91 Å². The highest BCUT2D eigenvalue weighted by atomic mass is 19.1.